The van der Waals surface area contributed by atoms with Crippen LogP contribution in [0.25, 0.3) is 0 Å². The van der Waals surface area contributed by atoms with E-state index in [4.69, 9.17) is 4.18 Å². The van der Waals surface area contributed by atoms with Crippen LogP contribution in [0.3, 0.4) is 0 Å². The first-order valence-corrected chi connectivity index (χ1v) is 18.2. The second kappa shape index (κ2) is 29.8. The highest BCUT2D eigenvalue weighted by Gasteiger charge is 2.16. The van der Waals surface area contributed by atoms with Gasteiger partial charge in [-0.3, -0.25) is 8.57 Å². The van der Waals surface area contributed by atoms with Crippen molar-refractivity contribution in [2.75, 3.05) is 45.2 Å². The molecule has 0 aromatic rings. The van der Waals surface area contributed by atoms with Crippen molar-refractivity contribution < 1.29 is 21.5 Å². The molecule has 38 heavy (non-hydrogen) atoms. The number of quaternary nitrogens is 1. The Morgan fingerprint density at radius 3 is 1.18 bits per heavy atom. The first-order chi connectivity index (χ1) is 18.4. The van der Waals surface area contributed by atoms with E-state index in [9.17, 15) is 12.8 Å². The summed E-state index contributed by atoms with van der Waals surface area (Å²) in [5.74, 6) is 0.146. The molecule has 0 radical (unpaired) electrons. The highest BCUT2D eigenvalue weighted by molar-refractivity contribution is 7.86. The lowest BCUT2D eigenvalue weighted by Crippen LogP contribution is -2.47. The lowest BCUT2D eigenvalue weighted by Gasteiger charge is -2.34. The summed E-state index contributed by atoms with van der Waals surface area (Å²) in [4.78, 5) is 0. The first kappa shape index (κ1) is 39.9. The molecule has 0 fully saturated rings. The second-order valence-corrected chi connectivity index (χ2v) is 12.9. The molecule has 0 atom stereocenters. The topological polar surface area (TPSA) is 43.4 Å². The Labute approximate surface area is 239 Å². The van der Waals surface area contributed by atoms with E-state index in [-0.39, 0.29) is 12.4 Å². The lowest BCUT2D eigenvalue weighted by molar-refractivity contribution is -0.921. The van der Waals surface area contributed by atoms with Gasteiger partial charge in [-0.25, -0.2) is 0 Å². The summed E-state index contributed by atoms with van der Waals surface area (Å²) in [6.45, 7) is 16.6. The van der Waals surface area contributed by atoms with E-state index >= 15 is 0 Å². The molecule has 0 spiro atoms. The number of nitrogens with zero attached hydrogens (tertiary/aromatic N) is 1. The Kier molecular flexibility index (Phi) is 31.3. The van der Waals surface area contributed by atoms with Gasteiger partial charge in [0.2, 0.25) is 0 Å². The molecule has 0 unspecified atom stereocenters. The molecule has 4 nitrogen and oxygen atoms in total. The van der Waals surface area contributed by atoms with Crippen molar-refractivity contribution in [3.8, 4) is 0 Å². The van der Waals surface area contributed by atoms with Crippen molar-refractivity contribution >= 4 is 10.1 Å². The molecule has 0 saturated carbocycles. The standard InChI is InChI=1S/C24H49FO3S.C8H20N/c1-2-3-4-5-6-7-8-9-11-14-17-20-23-28-29(26,27)24-21-18-15-12-10-13-16-19-22-25;1-5-9(6-2,7-3)8-4/h2-24H2,1H3;5-8H2,1-4H3/q;+1. The molecule has 0 N–H and O–H groups in total. The maximum Gasteiger partial charge on any atom is 0.267 e. The van der Waals surface area contributed by atoms with Crippen LogP contribution in [0.4, 0.5) is 4.39 Å². The number of unbranched alkanes of at least 4 members (excludes halogenated alkanes) is 18. The van der Waals surface area contributed by atoms with Crippen LogP contribution in [0.5, 0.6) is 0 Å². The van der Waals surface area contributed by atoms with Crippen LogP contribution in [0.2, 0.25) is 0 Å². The maximum atomic E-state index is 12.0. The third-order valence-corrected chi connectivity index (χ3v) is 9.54. The molecule has 0 aromatic heterocycles. The van der Waals surface area contributed by atoms with Crippen LogP contribution in [-0.2, 0) is 14.3 Å². The SMILES string of the molecule is CCCCCCCCCCCCCCOS(=O)(=O)CCCCCCCCCCF.CC[N+](CC)(CC)CC. The molecule has 0 aliphatic carbocycles. The van der Waals surface area contributed by atoms with E-state index in [1.807, 2.05) is 0 Å². The number of hydrogen-bond donors (Lipinski definition) is 0. The minimum Gasteiger partial charge on any atom is -0.325 e. The number of halogens is 1. The predicted octanol–water partition coefficient (Wildman–Crippen LogP) is 10.0. The third-order valence-electron chi connectivity index (χ3n) is 8.22. The van der Waals surface area contributed by atoms with Gasteiger partial charge in [0.05, 0.1) is 45.2 Å². The molecule has 0 aromatic carbocycles. The fourth-order valence-corrected chi connectivity index (χ4v) is 6.01. The number of alkyl halides is 1. The third kappa shape index (κ3) is 27.4. The minimum atomic E-state index is -3.34. The van der Waals surface area contributed by atoms with Crippen molar-refractivity contribution in [2.45, 2.75) is 163 Å². The number of hydrogen-bond acceptors (Lipinski definition) is 3. The molecule has 0 saturated heterocycles. The highest BCUT2D eigenvalue weighted by Crippen LogP contribution is 2.13. The van der Waals surface area contributed by atoms with Crippen LogP contribution >= 0.6 is 0 Å². The zero-order valence-electron chi connectivity index (χ0n) is 26.6. The van der Waals surface area contributed by atoms with E-state index in [0.29, 0.717) is 19.4 Å². The summed E-state index contributed by atoms with van der Waals surface area (Å²) < 4.78 is 42.1. The molecule has 0 heterocycles. The largest absolute Gasteiger partial charge is 0.325 e. The van der Waals surface area contributed by atoms with E-state index in [2.05, 4.69) is 34.6 Å². The van der Waals surface area contributed by atoms with E-state index in [0.717, 1.165) is 51.4 Å². The summed E-state index contributed by atoms with van der Waals surface area (Å²) in [6.07, 6.45) is 22.9. The van der Waals surface area contributed by atoms with Gasteiger partial charge in [-0.15, -0.1) is 0 Å². The summed E-state index contributed by atoms with van der Waals surface area (Å²) >= 11 is 0. The molecular weight excluding hydrogens is 497 g/mol. The molecule has 0 aliphatic heterocycles. The van der Waals surface area contributed by atoms with Gasteiger partial charge >= 0.3 is 0 Å². The Morgan fingerprint density at radius 2 is 0.842 bits per heavy atom. The van der Waals surface area contributed by atoms with Gasteiger partial charge in [0.15, 0.2) is 0 Å². The van der Waals surface area contributed by atoms with Crippen molar-refractivity contribution in [3.63, 3.8) is 0 Å². The van der Waals surface area contributed by atoms with Crippen molar-refractivity contribution in [3.05, 3.63) is 0 Å². The van der Waals surface area contributed by atoms with E-state index < -0.39 is 10.1 Å². The average Bonchev–Trinajstić information content (AvgIpc) is 2.92. The quantitative estimate of drug-likeness (QED) is 0.0537. The van der Waals surface area contributed by atoms with Gasteiger partial charge in [-0.2, -0.15) is 8.42 Å². The molecular formula is C32H69FNO3S+. The van der Waals surface area contributed by atoms with Crippen molar-refractivity contribution in [1.82, 2.24) is 0 Å². The van der Waals surface area contributed by atoms with Gasteiger partial charge in [0, 0.05) is 0 Å². The maximum absolute atomic E-state index is 12.0. The molecule has 0 bridgehead atoms. The average molecular weight is 567 g/mol. The fourth-order valence-electron chi connectivity index (χ4n) is 4.96. The smallest absolute Gasteiger partial charge is 0.267 e. The Hall–Kier alpha value is -0.200. The molecule has 6 heteroatoms. The molecule has 232 valence electrons. The fraction of sp³-hybridized carbons (Fsp3) is 1.00. The Bertz CT molecular complexity index is 535. The first-order valence-electron chi connectivity index (χ1n) is 16.6. The lowest BCUT2D eigenvalue weighted by atomic mass is 10.1. The zero-order valence-corrected chi connectivity index (χ0v) is 27.4. The molecule has 0 amide bonds. The highest BCUT2D eigenvalue weighted by atomic mass is 32.2. The molecule has 0 aliphatic rings. The normalized spacial score (nSPS) is 11.9. The van der Waals surface area contributed by atoms with Crippen LogP contribution in [-0.4, -0.2) is 58.1 Å². The van der Waals surface area contributed by atoms with Crippen LogP contribution in [0.1, 0.15) is 163 Å². The Morgan fingerprint density at radius 1 is 0.500 bits per heavy atom. The van der Waals surface area contributed by atoms with Gasteiger partial charge in [0.1, 0.15) is 0 Å². The van der Waals surface area contributed by atoms with Gasteiger partial charge in [0.25, 0.3) is 10.1 Å². The van der Waals surface area contributed by atoms with Gasteiger partial charge in [-0.1, -0.05) is 116 Å². The molecule has 0 rings (SSSR count). The van der Waals surface area contributed by atoms with Gasteiger partial charge < -0.3 is 4.48 Å². The van der Waals surface area contributed by atoms with E-state index in [1.54, 1.807) is 0 Å². The summed E-state index contributed by atoms with van der Waals surface area (Å²) in [7, 11) is -3.34. The van der Waals surface area contributed by atoms with Gasteiger partial charge in [-0.05, 0) is 47.0 Å². The summed E-state index contributed by atoms with van der Waals surface area (Å²) in [6, 6.07) is 0. The van der Waals surface area contributed by atoms with Crippen LogP contribution in [0.15, 0.2) is 0 Å². The predicted molar refractivity (Wildman–Crippen MR) is 166 cm³/mol. The summed E-state index contributed by atoms with van der Waals surface area (Å²) in [5.41, 5.74) is 0. The van der Waals surface area contributed by atoms with Crippen molar-refractivity contribution in [1.29, 1.82) is 0 Å². The van der Waals surface area contributed by atoms with E-state index in [1.165, 1.54) is 94.9 Å². The second-order valence-electron chi connectivity index (χ2n) is 11.1. The Balaban J connectivity index is 0. The van der Waals surface area contributed by atoms with Crippen molar-refractivity contribution in [2.24, 2.45) is 0 Å². The van der Waals surface area contributed by atoms with Crippen LogP contribution in [0, 0.1) is 0 Å². The zero-order chi connectivity index (χ0) is 28.8. The number of rotatable bonds is 28. The minimum absolute atomic E-state index is 0.146. The van der Waals surface area contributed by atoms with Crippen LogP contribution < -0.4 is 0 Å². The summed E-state index contributed by atoms with van der Waals surface area (Å²) in [5, 5.41) is 0. The monoisotopic (exact) mass is 566 g/mol.